The van der Waals surface area contributed by atoms with Gasteiger partial charge < -0.3 is 4.90 Å². The van der Waals surface area contributed by atoms with E-state index in [0.717, 1.165) is 12.8 Å². The van der Waals surface area contributed by atoms with Gasteiger partial charge in [0.15, 0.2) is 0 Å². The van der Waals surface area contributed by atoms with E-state index in [1.54, 1.807) is 23.2 Å². The number of aromatic nitrogens is 1. The fourth-order valence-corrected chi connectivity index (χ4v) is 1.28. The molecule has 1 aliphatic carbocycles. The van der Waals surface area contributed by atoms with Crippen LogP contribution in [0.3, 0.4) is 0 Å². The third-order valence-corrected chi connectivity index (χ3v) is 2.28. The zero-order chi connectivity index (χ0) is 9.26. The second-order valence-electron chi connectivity index (χ2n) is 3.32. The first-order valence-electron chi connectivity index (χ1n) is 4.38. The van der Waals surface area contributed by atoms with E-state index in [1.807, 2.05) is 7.05 Å². The van der Waals surface area contributed by atoms with Crippen molar-refractivity contribution in [2.75, 3.05) is 7.05 Å². The van der Waals surface area contributed by atoms with E-state index in [0.29, 0.717) is 11.6 Å². The van der Waals surface area contributed by atoms with Crippen LogP contribution >= 0.6 is 0 Å². The Bertz CT molecular complexity index is 306. The minimum Gasteiger partial charge on any atom is -0.339 e. The highest BCUT2D eigenvalue weighted by Gasteiger charge is 2.29. The van der Waals surface area contributed by atoms with Crippen molar-refractivity contribution in [3.8, 4) is 0 Å². The van der Waals surface area contributed by atoms with Gasteiger partial charge in [-0.3, -0.25) is 9.78 Å². The molecule has 1 aromatic heterocycles. The molecule has 3 nitrogen and oxygen atoms in total. The van der Waals surface area contributed by atoms with Crippen LogP contribution < -0.4 is 0 Å². The third kappa shape index (κ3) is 1.69. The van der Waals surface area contributed by atoms with E-state index >= 15 is 0 Å². The van der Waals surface area contributed by atoms with Gasteiger partial charge in [-0.1, -0.05) is 0 Å². The highest BCUT2D eigenvalue weighted by molar-refractivity contribution is 5.94. The molecule has 0 saturated heterocycles. The standard InChI is InChI=1S/C10H11N2O/c1-12(9-4-5-9)10(13)8-3-2-6-11-7-8/h2-3,7,9H,4-5H2,1H3. The Morgan fingerprint density at radius 3 is 3.00 bits per heavy atom. The summed E-state index contributed by atoms with van der Waals surface area (Å²) < 4.78 is 0. The zero-order valence-electron chi connectivity index (χ0n) is 7.53. The number of carbonyl (C=O) groups excluding carboxylic acids is 1. The Hall–Kier alpha value is -1.38. The summed E-state index contributed by atoms with van der Waals surface area (Å²) in [5, 5.41) is 0. The van der Waals surface area contributed by atoms with E-state index < -0.39 is 0 Å². The molecule has 13 heavy (non-hydrogen) atoms. The summed E-state index contributed by atoms with van der Waals surface area (Å²) in [5.74, 6) is 0.0593. The summed E-state index contributed by atoms with van der Waals surface area (Å²) in [5.41, 5.74) is 0.646. The van der Waals surface area contributed by atoms with Crippen LogP contribution in [-0.2, 0) is 0 Å². The SMILES string of the molecule is CN(C(=O)c1cc[c]nc1)C1CC1. The normalized spacial score (nSPS) is 15.5. The van der Waals surface area contributed by atoms with E-state index in [-0.39, 0.29) is 5.91 Å². The van der Waals surface area contributed by atoms with Gasteiger partial charge in [-0.05, 0) is 25.0 Å². The Kier molecular flexibility index (Phi) is 2.00. The van der Waals surface area contributed by atoms with Crippen LogP contribution in [0.4, 0.5) is 0 Å². The first kappa shape index (κ1) is 8.23. The molecule has 1 amide bonds. The molecule has 1 saturated carbocycles. The molecule has 0 N–H and O–H groups in total. The van der Waals surface area contributed by atoms with Crippen molar-refractivity contribution in [1.82, 2.24) is 9.88 Å². The van der Waals surface area contributed by atoms with Gasteiger partial charge in [0.1, 0.15) is 0 Å². The summed E-state index contributed by atoms with van der Waals surface area (Å²) in [7, 11) is 1.84. The highest BCUT2D eigenvalue weighted by atomic mass is 16.2. The maximum Gasteiger partial charge on any atom is 0.255 e. The Morgan fingerprint density at radius 2 is 2.46 bits per heavy atom. The molecular formula is C10H11N2O. The molecular weight excluding hydrogens is 164 g/mol. The van der Waals surface area contributed by atoms with Crippen molar-refractivity contribution < 1.29 is 4.79 Å². The third-order valence-electron chi connectivity index (χ3n) is 2.28. The fraction of sp³-hybridized carbons (Fsp3) is 0.400. The van der Waals surface area contributed by atoms with Crippen molar-refractivity contribution in [2.45, 2.75) is 18.9 Å². The van der Waals surface area contributed by atoms with E-state index in [2.05, 4.69) is 11.2 Å². The average Bonchev–Trinajstić information content (AvgIpc) is 3.00. The lowest BCUT2D eigenvalue weighted by atomic mass is 10.2. The summed E-state index contributed by atoms with van der Waals surface area (Å²) in [6.07, 6.45) is 6.47. The van der Waals surface area contributed by atoms with Crippen LogP contribution in [0.5, 0.6) is 0 Å². The quantitative estimate of drug-likeness (QED) is 0.674. The van der Waals surface area contributed by atoms with E-state index in [4.69, 9.17) is 0 Å². The van der Waals surface area contributed by atoms with E-state index in [1.165, 1.54) is 0 Å². The second kappa shape index (κ2) is 3.17. The summed E-state index contributed by atoms with van der Waals surface area (Å²) >= 11 is 0. The number of hydrogen-bond donors (Lipinski definition) is 0. The first-order chi connectivity index (χ1) is 6.29. The molecule has 2 rings (SSSR count). The van der Waals surface area contributed by atoms with Gasteiger partial charge in [-0.2, -0.15) is 0 Å². The predicted octanol–water partition coefficient (Wildman–Crippen LogP) is 1.12. The highest BCUT2D eigenvalue weighted by Crippen LogP contribution is 2.26. The van der Waals surface area contributed by atoms with E-state index in [9.17, 15) is 4.79 Å². The molecule has 1 fully saturated rings. The number of pyridine rings is 1. The number of rotatable bonds is 2. The largest absolute Gasteiger partial charge is 0.339 e. The minimum atomic E-state index is 0.0593. The Labute approximate surface area is 77.4 Å². The molecule has 1 aliphatic rings. The molecule has 0 bridgehead atoms. The number of nitrogens with zero attached hydrogens (tertiary/aromatic N) is 2. The van der Waals surface area contributed by atoms with Crippen molar-refractivity contribution in [3.63, 3.8) is 0 Å². The van der Waals surface area contributed by atoms with Gasteiger partial charge in [0, 0.05) is 19.3 Å². The number of carbonyl (C=O) groups is 1. The van der Waals surface area contributed by atoms with Gasteiger partial charge in [0.05, 0.1) is 11.8 Å². The smallest absolute Gasteiger partial charge is 0.255 e. The van der Waals surface area contributed by atoms with Crippen LogP contribution in [0.15, 0.2) is 18.3 Å². The lowest BCUT2D eigenvalue weighted by molar-refractivity contribution is 0.0784. The number of hydrogen-bond acceptors (Lipinski definition) is 2. The summed E-state index contributed by atoms with van der Waals surface area (Å²) in [6, 6.07) is 3.86. The van der Waals surface area contributed by atoms with Crippen molar-refractivity contribution in [1.29, 1.82) is 0 Å². The molecule has 0 aromatic carbocycles. The molecule has 0 unspecified atom stereocenters. The molecule has 1 aromatic rings. The van der Waals surface area contributed by atoms with Gasteiger partial charge in [-0.15, -0.1) is 0 Å². The second-order valence-corrected chi connectivity index (χ2v) is 3.32. The molecule has 0 aliphatic heterocycles. The lowest BCUT2D eigenvalue weighted by Crippen LogP contribution is -2.28. The number of amides is 1. The Morgan fingerprint density at radius 1 is 1.69 bits per heavy atom. The predicted molar refractivity (Wildman–Crippen MR) is 48.2 cm³/mol. The summed E-state index contributed by atoms with van der Waals surface area (Å²) in [4.78, 5) is 17.3. The van der Waals surface area contributed by atoms with Crippen molar-refractivity contribution >= 4 is 5.91 Å². The summed E-state index contributed by atoms with van der Waals surface area (Å²) in [6.45, 7) is 0. The van der Waals surface area contributed by atoms with Crippen LogP contribution in [0, 0.1) is 6.20 Å². The molecule has 0 spiro atoms. The Balaban J connectivity index is 2.12. The molecule has 1 radical (unpaired) electrons. The van der Waals surface area contributed by atoms with Crippen LogP contribution in [-0.4, -0.2) is 28.9 Å². The molecule has 0 atom stereocenters. The average molecular weight is 175 g/mol. The van der Waals surface area contributed by atoms with Crippen molar-refractivity contribution in [2.24, 2.45) is 0 Å². The van der Waals surface area contributed by atoms with Gasteiger partial charge in [0.25, 0.3) is 5.91 Å². The van der Waals surface area contributed by atoms with Gasteiger partial charge >= 0.3 is 0 Å². The molecule has 67 valence electrons. The molecule has 1 heterocycles. The van der Waals surface area contributed by atoms with Crippen LogP contribution in [0.25, 0.3) is 0 Å². The van der Waals surface area contributed by atoms with Crippen LogP contribution in [0.1, 0.15) is 23.2 Å². The fourth-order valence-electron chi connectivity index (χ4n) is 1.28. The maximum atomic E-state index is 11.7. The lowest BCUT2D eigenvalue weighted by Gasteiger charge is -2.15. The van der Waals surface area contributed by atoms with Crippen molar-refractivity contribution in [3.05, 3.63) is 30.1 Å². The monoisotopic (exact) mass is 175 g/mol. The van der Waals surface area contributed by atoms with Crippen LogP contribution in [0.2, 0.25) is 0 Å². The zero-order valence-corrected chi connectivity index (χ0v) is 7.53. The van der Waals surface area contributed by atoms with Gasteiger partial charge in [0.2, 0.25) is 0 Å². The molecule has 3 heteroatoms. The first-order valence-corrected chi connectivity index (χ1v) is 4.38. The van der Waals surface area contributed by atoms with Gasteiger partial charge in [-0.25, -0.2) is 0 Å². The topological polar surface area (TPSA) is 33.2 Å². The minimum absolute atomic E-state index is 0.0593. The maximum absolute atomic E-state index is 11.7.